The Morgan fingerprint density at radius 3 is 2.43 bits per heavy atom. The molecular weight excluding hydrogens is 270 g/mol. The number of rotatable bonds is 5. The van der Waals surface area contributed by atoms with Gasteiger partial charge in [0.15, 0.2) is 0 Å². The van der Waals surface area contributed by atoms with Crippen molar-refractivity contribution in [1.29, 1.82) is 0 Å². The Morgan fingerprint density at radius 1 is 1.29 bits per heavy atom. The summed E-state index contributed by atoms with van der Waals surface area (Å²) in [6, 6.07) is 7.50. The lowest BCUT2D eigenvalue weighted by Crippen LogP contribution is -2.29. The second-order valence-corrected chi connectivity index (χ2v) is 6.12. The molecule has 2 atom stereocenters. The van der Waals surface area contributed by atoms with E-state index in [2.05, 4.69) is 0 Å². The van der Waals surface area contributed by atoms with Crippen LogP contribution < -0.4 is 4.74 Å². The number of para-hydroxylation sites is 1. The van der Waals surface area contributed by atoms with Gasteiger partial charge >= 0.3 is 5.97 Å². The zero-order valence-electron chi connectivity index (χ0n) is 12.8. The van der Waals surface area contributed by atoms with E-state index in [0.29, 0.717) is 6.54 Å². The third kappa shape index (κ3) is 2.73. The number of ether oxygens (including phenoxy) is 1. The molecule has 5 heteroatoms. The first kappa shape index (κ1) is 15.4. The first-order valence-corrected chi connectivity index (χ1v) is 6.90. The molecule has 0 heterocycles. The SMILES string of the molecule is COc1ccccc1CN(C)C(=O)[C@@H]1[C@H](C(=O)O)C1(C)C. The van der Waals surface area contributed by atoms with E-state index >= 15 is 0 Å². The molecule has 0 radical (unpaired) electrons. The minimum atomic E-state index is -0.899. The van der Waals surface area contributed by atoms with Gasteiger partial charge in [0.25, 0.3) is 0 Å². The van der Waals surface area contributed by atoms with Gasteiger partial charge in [0, 0.05) is 19.2 Å². The van der Waals surface area contributed by atoms with Gasteiger partial charge < -0.3 is 14.7 Å². The second kappa shape index (κ2) is 5.39. The summed E-state index contributed by atoms with van der Waals surface area (Å²) in [4.78, 5) is 25.2. The maximum atomic E-state index is 12.5. The molecule has 1 aromatic carbocycles. The molecule has 0 aliphatic heterocycles. The Hall–Kier alpha value is -2.04. The van der Waals surface area contributed by atoms with Crippen LogP contribution in [-0.2, 0) is 16.1 Å². The highest BCUT2D eigenvalue weighted by atomic mass is 16.5. The third-order valence-corrected chi connectivity index (χ3v) is 4.34. The van der Waals surface area contributed by atoms with E-state index in [1.54, 1.807) is 19.1 Å². The molecule has 0 spiro atoms. The van der Waals surface area contributed by atoms with E-state index in [-0.39, 0.29) is 5.91 Å². The number of carboxylic acids is 1. The molecule has 1 amide bonds. The predicted octanol–water partition coefficient (Wildman–Crippen LogP) is 2.01. The van der Waals surface area contributed by atoms with Crippen LogP contribution in [0.25, 0.3) is 0 Å². The lowest BCUT2D eigenvalue weighted by atomic mass is 10.1. The maximum Gasteiger partial charge on any atom is 0.307 e. The van der Waals surface area contributed by atoms with Gasteiger partial charge in [-0.2, -0.15) is 0 Å². The minimum Gasteiger partial charge on any atom is -0.496 e. The minimum absolute atomic E-state index is 0.127. The summed E-state index contributed by atoms with van der Waals surface area (Å²) in [5.41, 5.74) is 0.430. The average Bonchev–Trinajstić information content (AvgIpc) is 3.01. The fourth-order valence-corrected chi connectivity index (χ4v) is 2.96. The number of hydrogen-bond donors (Lipinski definition) is 1. The van der Waals surface area contributed by atoms with Crippen molar-refractivity contribution in [2.75, 3.05) is 14.2 Å². The number of methoxy groups -OCH3 is 1. The summed E-state index contributed by atoms with van der Waals surface area (Å²) < 4.78 is 5.27. The Bertz CT molecular complexity index is 567. The molecule has 21 heavy (non-hydrogen) atoms. The highest BCUT2D eigenvalue weighted by molar-refractivity contribution is 5.91. The fraction of sp³-hybridized carbons (Fsp3) is 0.500. The molecule has 2 rings (SSSR count). The van der Waals surface area contributed by atoms with Crippen LogP contribution in [0.5, 0.6) is 5.75 Å². The molecule has 0 unspecified atom stereocenters. The number of carboxylic acid groups (broad SMARTS) is 1. The molecule has 0 aromatic heterocycles. The van der Waals surface area contributed by atoms with Crippen molar-refractivity contribution in [2.45, 2.75) is 20.4 Å². The Kier molecular flexibility index (Phi) is 3.94. The van der Waals surface area contributed by atoms with Crippen LogP contribution in [-0.4, -0.2) is 36.0 Å². The Morgan fingerprint density at radius 2 is 1.90 bits per heavy atom. The number of carbonyl (C=O) groups excluding carboxylic acids is 1. The van der Waals surface area contributed by atoms with E-state index in [1.165, 1.54) is 0 Å². The van der Waals surface area contributed by atoms with Crippen molar-refractivity contribution in [3.63, 3.8) is 0 Å². The molecule has 5 nitrogen and oxygen atoms in total. The molecule has 0 saturated heterocycles. The topological polar surface area (TPSA) is 66.8 Å². The molecule has 114 valence electrons. The first-order chi connectivity index (χ1) is 9.80. The first-order valence-electron chi connectivity index (χ1n) is 6.90. The fourth-order valence-electron chi connectivity index (χ4n) is 2.96. The van der Waals surface area contributed by atoms with Crippen molar-refractivity contribution in [3.8, 4) is 5.75 Å². The number of nitrogens with zero attached hydrogens (tertiary/aromatic N) is 1. The molecule has 1 aliphatic rings. The van der Waals surface area contributed by atoms with Gasteiger partial charge in [0.05, 0.1) is 18.9 Å². The maximum absolute atomic E-state index is 12.5. The average molecular weight is 291 g/mol. The summed E-state index contributed by atoms with van der Waals surface area (Å²) in [7, 11) is 3.28. The highest BCUT2D eigenvalue weighted by Crippen LogP contribution is 2.59. The summed E-state index contributed by atoms with van der Waals surface area (Å²) in [6.07, 6.45) is 0. The van der Waals surface area contributed by atoms with Gasteiger partial charge in [-0.15, -0.1) is 0 Å². The lowest BCUT2D eigenvalue weighted by molar-refractivity contribution is -0.141. The Labute approximate surface area is 124 Å². The van der Waals surface area contributed by atoms with Crippen LogP contribution in [0.1, 0.15) is 19.4 Å². The van der Waals surface area contributed by atoms with Gasteiger partial charge in [-0.3, -0.25) is 9.59 Å². The Balaban J connectivity index is 2.09. The largest absolute Gasteiger partial charge is 0.496 e. The van der Waals surface area contributed by atoms with Crippen LogP contribution in [0.4, 0.5) is 0 Å². The summed E-state index contributed by atoms with van der Waals surface area (Å²) >= 11 is 0. The lowest BCUT2D eigenvalue weighted by Gasteiger charge is -2.19. The second-order valence-electron chi connectivity index (χ2n) is 6.12. The molecule has 0 bridgehead atoms. The van der Waals surface area contributed by atoms with Crippen LogP contribution in [0.15, 0.2) is 24.3 Å². The van der Waals surface area contributed by atoms with E-state index in [4.69, 9.17) is 4.74 Å². The third-order valence-electron chi connectivity index (χ3n) is 4.34. The van der Waals surface area contributed by atoms with Crippen LogP contribution >= 0.6 is 0 Å². The number of hydrogen-bond acceptors (Lipinski definition) is 3. The van der Waals surface area contributed by atoms with Crippen molar-refractivity contribution in [3.05, 3.63) is 29.8 Å². The number of amides is 1. The van der Waals surface area contributed by atoms with Crippen molar-refractivity contribution < 1.29 is 19.4 Å². The van der Waals surface area contributed by atoms with Crippen molar-refractivity contribution in [2.24, 2.45) is 17.3 Å². The quantitative estimate of drug-likeness (QED) is 0.901. The van der Waals surface area contributed by atoms with E-state index in [1.807, 2.05) is 38.1 Å². The molecule has 1 N–H and O–H groups in total. The number of carbonyl (C=O) groups is 2. The van der Waals surface area contributed by atoms with Crippen molar-refractivity contribution >= 4 is 11.9 Å². The molecular formula is C16H21NO4. The highest BCUT2D eigenvalue weighted by Gasteiger charge is 2.66. The van der Waals surface area contributed by atoms with Gasteiger partial charge in [0.2, 0.25) is 5.91 Å². The molecule has 1 fully saturated rings. The number of benzene rings is 1. The van der Waals surface area contributed by atoms with E-state index in [9.17, 15) is 14.7 Å². The van der Waals surface area contributed by atoms with Gasteiger partial charge in [-0.1, -0.05) is 32.0 Å². The van der Waals surface area contributed by atoms with E-state index < -0.39 is 23.2 Å². The molecule has 1 saturated carbocycles. The van der Waals surface area contributed by atoms with Crippen LogP contribution in [0.3, 0.4) is 0 Å². The predicted molar refractivity (Wildman–Crippen MR) is 77.9 cm³/mol. The zero-order valence-corrected chi connectivity index (χ0v) is 12.8. The van der Waals surface area contributed by atoms with Gasteiger partial charge in [-0.25, -0.2) is 0 Å². The standard InChI is InChI=1S/C16H21NO4/c1-16(2)12(13(16)15(19)20)14(18)17(3)9-10-7-5-6-8-11(10)21-4/h5-8,12-13H,9H2,1-4H3,(H,19,20)/t12-,13+/m0/s1. The summed E-state index contributed by atoms with van der Waals surface area (Å²) in [6.45, 7) is 4.05. The van der Waals surface area contributed by atoms with Crippen LogP contribution in [0, 0.1) is 17.3 Å². The monoisotopic (exact) mass is 291 g/mol. The number of aliphatic carboxylic acids is 1. The smallest absolute Gasteiger partial charge is 0.307 e. The molecule has 1 aliphatic carbocycles. The normalized spacial score (nSPS) is 22.5. The summed E-state index contributed by atoms with van der Waals surface area (Å²) in [5.74, 6) is -1.34. The van der Waals surface area contributed by atoms with Gasteiger partial charge in [-0.05, 0) is 11.5 Å². The summed E-state index contributed by atoms with van der Waals surface area (Å²) in [5, 5.41) is 9.17. The zero-order chi connectivity index (χ0) is 15.8. The molecule has 1 aromatic rings. The van der Waals surface area contributed by atoms with E-state index in [0.717, 1.165) is 11.3 Å². The van der Waals surface area contributed by atoms with Crippen molar-refractivity contribution in [1.82, 2.24) is 4.90 Å². The van der Waals surface area contributed by atoms with Gasteiger partial charge in [0.1, 0.15) is 5.75 Å². The van der Waals surface area contributed by atoms with Crippen LogP contribution in [0.2, 0.25) is 0 Å².